The van der Waals surface area contributed by atoms with Crippen molar-refractivity contribution >= 4 is 27.5 Å². The van der Waals surface area contributed by atoms with Crippen LogP contribution in [0.3, 0.4) is 0 Å². The average Bonchev–Trinajstić information content (AvgIpc) is 3.42. The van der Waals surface area contributed by atoms with E-state index in [-0.39, 0.29) is 43.1 Å². The Kier molecular flexibility index (Phi) is 9.49. The highest BCUT2D eigenvalue weighted by Crippen LogP contribution is 2.36. The first-order valence-electron chi connectivity index (χ1n) is 13.4. The highest BCUT2D eigenvalue weighted by atomic mass is 32.2. The minimum atomic E-state index is -3.92. The highest BCUT2D eigenvalue weighted by Gasteiger charge is 2.34. The topological polar surface area (TPSA) is 105 Å². The molecule has 0 saturated carbocycles. The molecule has 0 unspecified atom stereocenters. The van der Waals surface area contributed by atoms with Crippen molar-refractivity contribution in [3.05, 3.63) is 89.7 Å². The third-order valence-corrected chi connectivity index (χ3v) is 8.33. The summed E-state index contributed by atoms with van der Waals surface area (Å²) >= 11 is 0. The second-order valence-corrected chi connectivity index (χ2v) is 12.1. The van der Waals surface area contributed by atoms with E-state index in [9.17, 15) is 22.4 Å². The number of benzene rings is 3. The van der Waals surface area contributed by atoms with Gasteiger partial charge in [-0.3, -0.25) is 13.9 Å². The summed E-state index contributed by atoms with van der Waals surface area (Å²) in [7, 11) is -3.92. The van der Waals surface area contributed by atoms with Crippen LogP contribution in [0.1, 0.15) is 31.9 Å². The fraction of sp³-hybridized carbons (Fsp3) is 0.333. The minimum Gasteiger partial charge on any atom is -0.454 e. The molecule has 3 aromatic rings. The average molecular weight is 584 g/mol. The molecule has 2 amide bonds. The van der Waals surface area contributed by atoms with Crippen molar-refractivity contribution < 1.29 is 31.9 Å². The quantitative estimate of drug-likeness (QED) is 0.347. The summed E-state index contributed by atoms with van der Waals surface area (Å²) < 4.78 is 52.0. The Labute approximate surface area is 239 Å². The molecule has 0 aliphatic carbocycles. The molecule has 0 aromatic heterocycles. The Morgan fingerprint density at radius 1 is 0.951 bits per heavy atom. The maximum Gasteiger partial charge on any atom is 0.244 e. The Hall–Kier alpha value is -4.12. The van der Waals surface area contributed by atoms with Crippen molar-refractivity contribution in [2.75, 3.05) is 23.4 Å². The predicted molar refractivity (Wildman–Crippen MR) is 154 cm³/mol. The molecule has 1 N–H and O–H groups in total. The summed E-state index contributed by atoms with van der Waals surface area (Å²) in [6.07, 6.45) is 0.191. The van der Waals surface area contributed by atoms with E-state index < -0.39 is 34.3 Å². The van der Waals surface area contributed by atoms with Gasteiger partial charge in [-0.15, -0.1) is 0 Å². The van der Waals surface area contributed by atoms with Crippen LogP contribution < -0.4 is 19.1 Å². The monoisotopic (exact) mass is 583 g/mol. The van der Waals surface area contributed by atoms with E-state index in [0.29, 0.717) is 17.1 Å². The first-order valence-corrected chi connectivity index (χ1v) is 15.0. The summed E-state index contributed by atoms with van der Waals surface area (Å²) in [5, 5.41) is 2.89. The molecule has 218 valence electrons. The second kappa shape index (κ2) is 13.0. The van der Waals surface area contributed by atoms with Gasteiger partial charge in [-0.05, 0) is 56.2 Å². The van der Waals surface area contributed by atoms with E-state index in [1.165, 1.54) is 42.2 Å². The van der Waals surface area contributed by atoms with Crippen LogP contribution in [0.25, 0.3) is 0 Å². The molecule has 4 rings (SSSR count). The molecule has 0 fully saturated rings. The Morgan fingerprint density at radius 3 is 2.29 bits per heavy atom. The Balaban J connectivity index is 1.74. The zero-order valence-electron chi connectivity index (χ0n) is 23.2. The summed E-state index contributed by atoms with van der Waals surface area (Å²) in [4.78, 5) is 29.0. The Bertz CT molecular complexity index is 1470. The molecule has 1 atom stereocenters. The molecular formula is C30H34FN3O6S. The summed E-state index contributed by atoms with van der Waals surface area (Å²) in [5.41, 5.74) is 1.64. The standard InChI is InChI=1S/C30H34FN3O6S/c1-4-41(37,38)34(25-14-15-27-28(17-25)40-20-39-27)19-29(35)33(18-23-10-12-24(31)13-11-23)26(30(36)32-21(2)3)16-22-8-6-5-7-9-22/h5-15,17,21,26H,4,16,18-20H2,1-3H3,(H,32,36)/t26-/m0/s1. The van der Waals surface area contributed by atoms with Gasteiger partial charge in [0.05, 0.1) is 11.4 Å². The number of nitrogens with one attached hydrogen (secondary N) is 1. The summed E-state index contributed by atoms with van der Waals surface area (Å²) in [6, 6.07) is 18.4. The lowest BCUT2D eigenvalue weighted by Gasteiger charge is -2.34. The number of hydrogen-bond donors (Lipinski definition) is 1. The number of halogens is 1. The number of anilines is 1. The third-order valence-electron chi connectivity index (χ3n) is 6.59. The van der Waals surface area contributed by atoms with E-state index in [1.807, 2.05) is 44.2 Å². The number of sulfonamides is 1. The van der Waals surface area contributed by atoms with E-state index in [0.717, 1.165) is 9.87 Å². The van der Waals surface area contributed by atoms with Gasteiger partial charge < -0.3 is 19.7 Å². The number of ether oxygens (including phenoxy) is 2. The van der Waals surface area contributed by atoms with Crippen LogP contribution >= 0.6 is 0 Å². The van der Waals surface area contributed by atoms with E-state index >= 15 is 0 Å². The van der Waals surface area contributed by atoms with Crippen molar-refractivity contribution in [3.8, 4) is 11.5 Å². The molecule has 3 aromatic carbocycles. The van der Waals surface area contributed by atoms with Crippen molar-refractivity contribution in [1.29, 1.82) is 0 Å². The van der Waals surface area contributed by atoms with E-state index in [2.05, 4.69) is 5.32 Å². The maximum atomic E-state index is 14.1. The largest absolute Gasteiger partial charge is 0.454 e. The third kappa shape index (κ3) is 7.55. The fourth-order valence-corrected chi connectivity index (χ4v) is 5.53. The van der Waals surface area contributed by atoms with Gasteiger partial charge in [0.1, 0.15) is 18.4 Å². The van der Waals surface area contributed by atoms with Crippen LogP contribution in [0.2, 0.25) is 0 Å². The van der Waals surface area contributed by atoms with Gasteiger partial charge in [0, 0.05) is 25.1 Å². The molecule has 0 bridgehead atoms. The first kappa shape index (κ1) is 29.9. The van der Waals surface area contributed by atoms with Crippen LogP contribution in [-0.2, 0) is 32.6 Å². The molecule has 1 heterocycles. The maximum absolute atomic E-state index is 14.1. The van der Waals surface area contributed by atoms with Crippen LogP contribution in [0, 0.1) is 5.82 Å². The van der Waals surface area contributed by atoms with Gasteiger partial charge in [-0.2, -0.15) is 0 Å². The van der Waals surface area contributed by atoms with Crippen LogP contribution in [0.5, 0.6) is 11.5 Å². The lowest BCUT2D eigenvalue weighted by atomic mass is 10.0. The number of carbonyl (C=O) groups excluding carboxylic acids is 2. The number of fused-ring (bicyclic) bond motifs is 1. The molecule has 0 spiro atoms. The van der Waals surface area contributed by atoms with Gasteiger partial charge in [0.2, 0.25) is 28.6 Å². The molecule has 41 heavy (non-hydrogen) atoms. The number of amides is 2. The number of carbonyl (C=O) groups is 2. The van der Waals surface area contributed by atoms with Crippen molar-refractivity contribution in [3.63, 3.8) is 0 Å². The normalized spacial score (nSPS) is 13.1. The molecular weight excluding hydrogens is 549 g/mol. The van der Waals surface area contributed by atoms with Crippen LogP contribution in [-0.4, -0.2) is 56.3 Å². The van der Waals surface area contributed by atoms with Gasteiger partial charge >= 0.3 is 0 Å². The minimum absolute atomic E-state index is 0.00974. The van der Waals surface area contributed by atoms with Gasteiger partial charge in [0.15, 0.2) is 11.5 Å². The highest BCUT2D eigenvalue weighted by molar-refractivity contribution is 7.92. The zero-order chi connectivity index (χ0) is 29.6. The number of rotatable bonds is 12. The van der Waals surface area contributed by atoms with Gasteiger partial charge in [-0.25, -0.2) is 12.8 Å². The smallest absolute Gasteiger partial charge is 0.244 e. The molecule has 1 aliphatic rings. The predicted octanol–water partition coefficient (Wildman–Crippen LogP) is 3.88. The lowest BCUT2D eigenvalue weighted by Crippen LogP contribution is -2.54. The fourth-order valence-electron chi connectivity index (χ4n) is 4.48. The van der Waals surface area contributed by atoms with Crippen molar-refractivity contribution in [2.45, 2.75) is 45.8 Å². The van der Waals surface area contributed by atoms with Crippen molar-refractivity contribution in [2.24, 2.45) is 0 Å². The zero-order valence-corrected chi connectivity index (χ0v) is 24.1. The Morgan fingerprint density at radius 2 is 1.63 bits per heavy atom. The molecule has 0 saturated heterocycles. The van der Waals surface area contributed by atoms with E-state index in [1.54, 1.807) is 12.1 Å². The van der Waals surface area contributed by atoms with Crippen LogP contribution in [0.4, 0.5) is 10.1 Å². The van der Waals surface area contributed by atoms with Crippen LogP contribution in [0.15, 0.2) is 72.8 Å². The number of nitrogens with zero attached hydrogens (tertiary/aromatic N) is 2. The summed E-state index contributed by atoms with van der Waals surface area (Å²) in [6.45, 7) is 4.54. The van der Waals surface area contributed by atoms with E-state index in [4.69, 9.17) is 9.47 Å². The van der Waals surface area contributed by atoms with Gasteiger partial charge in [-0.1, -0.05) is 42.5 Å². The second-order valence-electron chi connectivity index (χ2n) is 9.96. The lowest BCUT2D eigenvalue weighted by molar-refractivity contribution is -0.140. The van der Waals surface area contributed by atoms with Gasteiger partial charge in [0.25, 0.3) is 0 Å². The molecule has 9 nitrogen and oxygen atoms in total. The van der Waals surface area contributed by atoms with Crippen molar-refractivity contribution in [1.82, 2.24) is 10.2 Å². The summed E-state index contributed by atoms with van der Waals surface area (Å²) in [5.74, 6) is -0.828. The number of hydrogen-bond acceptors (Lipinski definition) is 6. The molecule has 1 aliphatic heterocycles. The molecule has 11 heteroatoms. The SMILES string of the molecule is CCS(=O)(=O)N(CC(=O)N(Cc1ccc(F)cc1)[C@@H](Cc1ccccc1)C(=O)NC(C)C)c1ccc2c(c1)OCO2. The molecule has 0 radical (unpaired) electrons. The first-order chi connectivity index (χ1) is 19.6.